The Labute approximate surface area is 143 Å². The molecule has 2 aliphatic rings. The van der Waals surface area contributed by atoms with Crippen LogP contribution in [0.25, 0.3) is 0 Å². The highest BCUT2D eigenvalue weighted by Gasteiger charge is 2.29. The Hall–Kier alpha value is -1.79. The fraction of sp³-hybridized carbons (Fsp3) is 0.611. The molecular formula is C18H27N3O3. The van der Waals surface area contributed by atoms with Crippen molar-refractivity contribution in [2.75, 3.05) is 64.5 Å². The number of ether oxygens (including phenoxy) is 2. The molecule has 0 bridgehead atoms. The lowest BCUT2D eigenvalue weighted by Crippen LogP contribution is -2.56. The zero-order valence-corrected chi connectivity index (χ0v) is 14.6. The first kappa shape index (κ1) is 17.0. The van der Waals surface area contributed by atoms with Gasteiger partial charge in [-0.1, -0.05) is 12.1 Å². The van der Waals surface area contributed by atoms with Crippen LogP contribution in [0.4, 0.5) is 5.69 Å². The number of piperazine rings is 1. The van der Waals surface area contributed by atoms with Gasteiger partial charge in [0, 0.05) is 39.3 Å². The molecular weight excluding hydrogens is 306 g/mol. The minimum absolute atomic E-state index is 0.0667. The van der Waals surface area contributed by atoms with Gasteiger partial charge in [0.1, 0.15) is 5.75 Å². The maximum atomic E-state index is 12.6. The van der Waals surface area contributed by atoms with Crippen LogP contribution in [-0.4, -0.2) is 81.3 Å². The average molecular weight is 333 g/mol. The van der Waals surface area contributed by atoms with Crippen molar-refractivity contribution >= 4 is 11.6 Å². The predicted molar refractivity (Wildman–Crippen MR) is 93.6 cm³/mol. The van der Waals surface area contributed by atoms with Gasteiger partial charge in [-0.3, -0.25) is 9.69 Å². The van der Waals surface area contributed by atoms with Gasteiger partial charge in [-0.2, -0.15) is 0 Å². The molecule has 0 saturated carbocycles. The van der Waals surface area contributed by atoms with E-state index in [-0.39, 0.29) is 11.9 Å². The number of hydrogen-bond acceptors (Lipinski definition) is 5. The fourth-order valence-electron chi connectivity index (χ4n) is 3.45. The summed E-state index contributed by atoms with van der Waals surface area (Å²) in [6.07, 6.45) is 0. The molecule has 3 rings (SSSR count). The normalized spacial score (nSPS) is 20.8. The summed E-state index contributed by atoms with van der Waals surface area (Å²) in [6.45, 7) is 8.33. The first-order valence-corrected chi connectivity index (χ1v) is 8.69. The minimum Gasteiger partial charge on any atom is -0.495 e. The summed E-state index contributed by atoms with van der Waals surface area (Å²) in [5, 5.41) is 0. The Morgan fingerprint density at radius 3 is 2.42 bits per heavy atom. The summed E-state index contributed by atoms with van der Waals surface area (Å²) < 4.78 is 10.8. The van der Waals surface area contributed by atoms with E-state index in [4.69, 9.17) is 9.47 Å². The lowest BCUT2D eigenvalue weighted by molar-refractivity contribution is -0.140. The maximum Gasteiger partial charge on any atom is 0.239 e. The summed E-state index contributed by atoms with van der Waals surface area (Å²) in [5.74, 6) is 1.13. The number of benzene rings is 1. The lowest BCUT2D eigenvalue weighted by Gasteiger charge is -2.40. The molecule has 0 radical (unpaired) electrons. The highest BCUT2D eigenvalue weighted by Crippen LogP contribution is 2.28. The standard InChI is InChI=1S/C18H27N3O3/c1-15(18(22)21-11-13-24-14-12-21)19-7-9-20(10-8-19)16-5-3-4-6-17(16)23-2/h3-6,15H,7-14H2,1-2H3/t15-/m0/s1. The fourth-order valence-corrected chi connectivity index (χ4v) is 3.45. The van der Waals surface area contributed by atoms with Gasteiger partial charge in [0.25, 0.3) is 0 Å². The predicted octanol–water partition coefficient (Wildman–Crippen LogP) is 1.06. The number of nitrogens with zero attached hydrogens (tertiary/aromatic N) is 3. The van der Waals surface area contributed by atoms with Gasteiger partial charge >= 0.3 is 0 Å². The number of morpholine rings is 1. The summed E-state index contributed by atoms with van der Waals surface area (Å²) >= 11 is 0. The number of rotatable bonds is 4. The van der Waals surface area contributed by atoms with Crippen molar-refractivity contribution in [2.24, 2.45) is 0 Å². The minimum atomic E-state index is -0.0667. The first-order valence-electron chi connectivity index (χ1n) is 8.69. The van der Waals surface area contributed by atoms with Crippen molar-refractivity contribution in [1.82, 2.24) is 9.80 Å². The van der Waals surface area contributed by atoms with E-state index in [2.05, 4.69) is 15.9 Å². The van der Waals surface area contributed by atoms with Crippen molar-refractivity contribution in [3.05, 3.63) is 24.3 Å². The molecule has 0 unspecified atom stereocenters. The molecule has 1 aromatic carbocycles. The summed E-state index contributed by atoms with van der Waals surface area (Å²) in [4.78, 5) is 19.2. The Kier molecular flexibility index (Phi) is 5.58. The number of hydrogen-bond donors (Lipinski definition) is 0. The number of anilines is 1. The van der Waals surface area contributed by atoms with Crippen LogP contribution >= 0.6 is 0 Å². The van der Waals surface area contributed by atoms with Crippen molar-refractivity contribution in [3.63, 3.8) is 0 Å². The van der Waals surface area contributed by atoms with Gasteiger partial charge in [-0.05, 0) is 19.1 Å². The third-order valence-corrected chi connectivity index (χ3v) is 4.97. The van der Waals surface area contributed by atoms with Crippen LogP contribution in [0.5, 0.6) is 5.75 Å². The largest absolute Gasteiger partial charge is 0.495 e. The van der Waals surface area contributed by atoms with Crippen LogP contribution < -0.4 is 9.64 Å². The summed E-state index contributed by atoms with van der Waals surface area (Å²) in [6, 6.07) is 8.04. The topological polar surface area (TPSA) is 45.2 Å². The van der Waals surface area contributed by atoms with E-state index in [1.807, 2.05) is 30.0 Å². The van der Waals surface area contributed by atoms with E-state index in [0.717, 1.165) is 37.6 Å². The van der Waals surface area contributed by atoms with E-state index in [9.17, 15) is 4.79 Å². The molecule has 0 aliphatic carbocycles. The van der Waals surface area contributed by atoms with Crippen LogP contribution in [0.2, 0.25) is 0 Å². The average Bonchev–Trinajstić information content (AvgIpc) is 2.67. The van der Waals surface area contributed by atoms with Crippen LogP contribution in [0, 0.1) is 0 Å². The van der Waals surface area contributed by atoms with Crippen molar-refractivity contribution in [1.29, 1.82) is 0 Å². The Morgan fingerprint density at radius 1 is 1.08 bits per heavy atom. The van der Waals surface area contributed by atoms with Crippen LogP contribution in [-0.2, 0) is 9.53 Å². The second-order valence-corrected chi connectivity index (χ2v) is 6.31. The maximum absolute atomic E-state index is 12.6. The van der Waals surface area contributed by atoms with E-state index in [1.54, 1.807) is 7.11 Å². The molecule has 1 aromatic rings. The van der Waals surface area contributed by atoms with Gasteiger partial charge in [0.05, 0.1) is 32.1 Å². The van der Waals surface area contributed by atoms with E-state index in [0.29, 0.717) is 26.3 Å². The number of para-hydroxylation sites is 2. The second kappa shape index (κ2) is 7.85. The molecule has 24 heavy (non-hydrogen) atoms. The quantitative estimate of drug-likeness (QED) is 0.825. The molecule has 1 amide bonds. The van der Waals surface area contributed by atoms with E-state index in [1.165, 1.54) is 0 Å². The highest BCUT2D eigenvalue weighted by atomic mass is 16.5. The monoisotopic (exact) mass is 333 g/mol. The van der Waals surface area contributed by atoms with Gasteiger partial charge in [0.2, 0.25) is 5.91 Å². The van der Waals surface area contributed by atoms with Gasteiger partial charge in [0.15, 0.2) is 0 Å². The van der Waals surface area contributed by atoms with Crippen molar-refractivity contribution in [3.8, 4) is 5.75 Å². The summed E-state index contributed by atoms with van der Waals surface area (Å²) in [7, 11) is 1.71. The van der Waals surface area contributed by atoms with Crippen LogP contribution in [0.15, 0.2) is 24.3 Å². The first-order chi connectivity index (χ1) is 11.7. The van der Waals surface area contributed by atoms with E-state index >= 15 is 0 Å². The molecule has 0 N–H and O–H groups in total. The molecule has 2 heterocycles. The number of carbonyl (C=O) groups excluding carboxylic acids is 1. The third kappa shape index (κ3) is 3.65. The van der Waals surface area contributed by atoms with Crippen LogP contribution in [0.3, 0.4) is 0 Å². The van der Waals surface area contributed by atoms with Crippen LogP contribution in [0.1, 0.15) is 6.92 Å². The molecule has 6 heteroatoms. The summed E-state index contributed by atoms with van der Waals surface area (Å²) in [5.41, 5.74) is 1.13. The zero-order valence-electron chi connectivity index (χ0n) is 14.6. The highest BCUT2D eigenvalue weighted by molar-refractivity contribution is 5.81. The molecule has 1 atom stereocenters. The zero-order chi connectivity index (χ0) is 16.9. The Morgan fingerprint density at radius 2 is 1.75 bits per heavy atom. The van der Waals surface area contributed by atoms with Crippen molar-refractivity contribution in [2.45, 2.75) is 13.0 Å². The Bertz CT molecular complexity index is 552. The number of amides is 1. The molecule has 6 nitrogen and oxygen atoms in total. The SMILES string of the molecule is COc1ccccc1N1CCN([C@@H](C)C(=O)N2CCOCC2)CC1. The Balaban J connectivity index is 1.57. The van der Waals surface area contributed by atoms with Gasteiger partial charge in [-0.25, -0.2) is 0 Å². The van der Waals surface area contributed by atoms with Gasteiger partial charge < -0.3 is 19.3 Å². The van der Waals surface area contributed by atoms with Gasteiger partial charge in [-0.15, -0.1) is 0 Å². The molecule has 0 aromatic heterocycles. The lowest BCUT2D eigenvalue weighted by atomic mass is 10.1. The molecule has 2 saturated heterocycles. The molecule has 2 aliphatic heterocycles. The smallest absolute Gasteiger partial charge is 0.239 e. The second-order valence-electron chi connectivity index (χ2n) is 6.31. The number of methoxy groups -OCH3 is 1. The molecule has 132 valence electrons. The van der Waals surface area contributed by atoms with Crippen molar-refractivity contribution < 1.29 is 14.3 Å². The van der Waals surface area contributed by atoms with E-state index < -0.39 is 0 Å². The molecule has 0 spiro atoms. The number of carbonyl (C=O) groups is 1. The third-order valence-electron chi connectivity index (χ3n) is 4.97. The molecule has 2 fully saturated rings.